The highest BCUT2D eigenvalue weighted by atomic mass is 32.2. The summed E-state index contributed by atoms with van der Waals surface area (Å²) in [5, 5.41) is 0. The van der Waals surface area contributed by atoms with Crippen LogP contribution in [0.2, 0.25) is 0 Å². The molecule has 0 aliphatic heterocycles. The minimum atomic E-state index is -0.174. The van der Waals surface area contributed by atoms with Gasteiger partial charge in [0.2, 0.25) is 5.91 Å². The quantitative estimate of drug-likeness (QED) is 0.104. The molecule has 0 heterocycles. The molecule has 0 aromatic rings. The van der Waals surface area contributed by atoms with Crippen molar-refractivity contribution < 1.29 is 19.1 Å². The number of thioether (sulfide) groups is 1. The van der Waals surface area contributed by atoms with E-state index in [0.717, 1.165) is 31.4 Å². The summed E-state index contributed by atoms with van der Waals surface area (Å²) in [6.45, 7) is 4.34. The van der Waals surface area contributed by atoms with E-state index in [4.69, 9.17) is 4.74 Å². The Morgan fingerprint density at radius 2 is 1.42 bits per heavy atom. The number of carbonyl (C=O) groups excluding carboxylic acids is 3. The average Bonchev–Trinajstić information content (AvgIpc) is 2.79. The monoisotopic (exact) mass is 486 g/mol. The lowest BCUT2D eigenvalue weighted by atomic mass is 10.1. The Morgan fingerprint density at radius 3 is 2.00 bits per heavy atom. The second-order valence-electron chi connectivity index (χ2n) is 9.05. The van der Waals surface area contributed by atoms with Gasteiger partial charge in [-0.2, -0.15) is 11.8 Å². The molecule has 0 aliphatic rings. The van der Waals surface area contributed by atoms with Crippen LogP contribution < -0.4 is 0 Å². The number of esters is 1. The molecule has 0 radical (unpaired) electrons. The zero-order chi connectivity index (χ0) is 24.6. The van der Waals surface area contributed by atoms with E-state index in [1.165, 1.54) is 57.8 Å². The van der Waals surface area contributed by atoms with Crippen molar-refractivity contribution in [1.82, 2.24) is 9.80 Å². The maximum absolute atomic E-state index is 12.5. The van der Waals surface area contributed by atoms with Crippen molar-refractivity contribution in [2.75, 3.05) is 51.8 Å². The third-order valence-electron chi connectivity index (χ3n) is 5.62. The standard InChI is InChI=1S/C26H50N2O4S/c1-4-5-6-7-8-9-10-11-12-13-14-17-26(31)32-22-19-28(18-15-16-21-29)25(30)24-33-23-20-27(2)3/h21H,4-20,22-24H2,1-3H3. The van der Waals surface area contributed by atoms with Crippen LogP contribution in [-0.2, 0) is 19.1 Å². The molecule has 0 bridgehead atoms. The molecule has 194 valence electrons. The number of aldehydes is 1. The highest BCUT2D eigenvalue weighted by Gasteiger charge is 2.14. The van der Waals surface area contributed by atoms with Crippen molar-refractivity contribution in [3.63, 3.8) is 0 Å². The van der Waals surface area contributed by atoms with E-state index in [1.807, 2.05) is 14.1 Å². The highest BCUT2D eigenvalue weighted by Crippen LogP contribution is 2.12. The SMILES string of the molecule is CCCCCCCCCCCCCC(=O)OCCN(CCCC=O)C(=O)CSCCN(C)C. The second-order valence-corrected chi connectivity index (χ2v) is 10.2. The van der Waals surface area contributed by atoms with Gasteiger partial charge in [0.15, 0.2) is 0 Å². The molecule has 0 saturated carbocycles. The van der Waals surface area contributed by atoms with Gasteiger partial charge in [-0.05, 0) is 26.9 Å². The molecule has 7 heteroatoms. The lowest BCUT2D eigenvalue weighted by molar-refractivity contribution is -0.145. The number of ether oxygens (including phenoxy) is 1. The topological polar surface area (TPSA) is 66.9 Å². The van der Waals surface area contributed by atoms with Crippen LogP contribution in [0.1, 0.15) is 96.8 Å². The molecule has 0 aromatic carbocycles. The Kier molecular flexibility index (Phi) is 23.3. The molecule has 1 amide bonds. The fraction of sp³-hybridized carbons (Fsp3) is 0.885. The number of hydrogen-bond acceptors (Lipinski definition) is 6. The molecule has 0 aliphatic carbocycles. The zero-order valence-corrected chi connectivity index (χ0v) is 22.5. The number of nitrogens with zero attached hydrogens (tertiary/aromatic N) is 2. The van der Waals surface area contributed by atoms with Gasteiger partial charge in [-0.15, -0.1) is 0 Å². The fourth-order valence-corrected chi connectivity index (χ4v) is 4.50. The van der Waals surface area contributed by atoms with Gasteiger partial charge in [0.05, 0.1) is 12.3 Å². The molecule has 6 nitrogen and oxygen atoms in total. The molecule has 0 unspecified atom stereocenters. The van der Waals surface area contributed by atoms with Gasteiger partial charge >= 0.3 is 5.97 Å². The molecule has 0 fully saturated rings. The van der Waals surface area contributed by atoms with Crippen molar-refractivity contribution in [2.24, 2.45) is 0 Å². The van der Waals surface area contributed by atoms with E-state index in [0.29, 0.717) is 38.1 Å². The summed E-state index contributed by atoms with van der Waals surface area (Å²) >= 11 is 1.61. The van der Waals surface area contributed by atoms with Crippen molar-refractivity contribution >= 4 is 29.9 Å². The van der Waals surface area contributed by atoms with E-state index >= 15 is 0 Å². The lowest BCUT2D eigenvalue weighted by Crippen LogP contribution is -2.36. The first-order valence-corrected chi connectivity index (χ1v) is 14.3. The van der Waals surface area contributed by atoms with Crippen LogP contribution in [0, 0.1) is 0 Å². The Morgan fingerprint density at radius 1 is 0.818 bits per heavy atom. The van der Waals surface area contributed by atoms with Crippen molar-refractivity contribution in [3.8, 4) is 0 Å². The third kappa shape index (κ3) is 22.5. The maximum atomic E-state index is 12.5. The van der Waals surface area contributed by atoms with Crippen LogP contribution in [0.3, 0.4) is 0 Å². The summed E-state index contributed by atoms with van der Waals surface area (Å²) in [7, 11) is 4.03. The number of rotatable bonds is 24. The Labute approximate surface area is 207 Å². The fourth-order valence-electron chi connectivity index (χ4n) is 3.50. The van der Waals surface area contributed by atoms with Gasteiger partial charge in [0, 0.05) is 31.7 Å². The number of unbranched alkanes of at least 4 members (excludes halogenated alkanes) is 11. The summed E-state index contributed by atoms with van der Waals surface area (Å²) in [5.41, 5.74) is 0. The highest BCUT2D eigenvalue weighted by molar-refractivity contribution is 7.99. The molecule has 0 atom stereocenters. The molecular weight excluding hydrogens is 436 g/mol. The molecule has 0 rings (SSSR count). The Hall–Kier alpha value is -1.08. The van der Waals surface area contributed by atoms with Crippen molar-refractivity contribution in [2.45, 2.75) is 96.8 Å². The average molecular weight is 487 g/mol. The van der Waals surface area contributed by atoms with Gasteiger partial charge in [-0.25, -0.2) is 0 Å². The largest absolute Gasteiger partial charge is 0.464 e. The maximum Gasteiger partial charge on any atom is 0.305 e. The lowest BCUT2D eigenvalue weighted by Gasteiger charge is -2.22. The predicted octanol–water partition coefficient (Wildman–Crippen LogP) is 5.33. The predicted molar refractivity (Wildman–Crippen MR) is 140 cm³/mol. The van der Waals surface area contributed by atoms with Crippen LogP contribution >= 0.6 is 11.8 Å². The first kappa shape index (κ1) is 31.9. The molecule has 0 saturated heterocycles. The second kappa shape index (κ2) is 24.1. The molecule has 0 aromatic heterocycles. The zero-order valence-electron chi connectivity index (χ0n) is 21.7. The van der Waals surface area contributed by atoms with Crippen LogP contribution in [0.25, 0.3) is 0 Å². The first-order chi connectivity index (χ1) is 16.0. The molecule has 0 N–H and O–H groups in total. The minimum absolute atomic E-state index is 0.0473. The van der Waals surface area contributed by atoms with E-state index in [9.17, 15) is 14.4 Å². The first-order valence-electron chi connectivity index (χ1n) is 13.1. The smallest absolute Gasteiger partial charge is 0.305 e. The van der Waals surface area contributed by atoms with E-state index in [-0.39, 0.29) is 18.5 Å². The summed E-state index contributed by atoms with van der Waals surface area (Å²) in [6.07, 6.45) is 16.2. The van der Waals surface area contributed by atoms with E-state index < -0.39 is 0 Å². The molecule has 0 spiro atoms. The number of carbonyl (C=O) groups is 3. The van der Waals surface area contributed by atoms with Crippen molar-refractivity contribution in [1.29, 1.82) is 0 Å². The van der Waals surface area contributed by atoms with E-state index in [2.05, 4.69) is 11.8 Å². The van der Waals surface area contributed by atoms with Crippen LogP contribution in [0.15, 0.2) is 0 Å². The third-order valence-corrected chi connectivity index (χ3v) is 6.54. The van der Waals surface area contributed by atoms with E-state index in [1.54, 1.807) is 16.7 Å². The molecular formula is C26H50N2O4S. The van der Waals surface area contributed by atoms with Gasteiger partial charge in [-0.1, -0.05) is 71.1 Å². The number of hydrogen-bond donors (Lipinski definition) is 0. The number of amides is 1. The summed E-state index contributed by atoms with van der Waals surface area (Å²) < 4.78 is 5.36. The van der Waals surface area contributed by atoms with Gasteiger partial charge < -0.3 is 19.3 Å². The van der Waals surface area contributed by atoms with Crippen LogP contribution in [0.5, 0.6) is 0 Å². The normalized spacial score (nSPS) is 11.0. The summed E-state index contributed by atoms with van der Waals surface area (Å²) in [5.74, 6) is 1.19. The van der Waals surface area contributed by atoms with Crippen LogP contribution in [0.4, 0.5) is 0 Å². The van der Waals surface area contributed by atoms with Gasteiger partial charge in [0.25, 0.3) is 0 Å². The Balaban J connectivity index is 3.87. The molecule has 33 heavy (non-hydrogen) atoms. The van der Waals surface area contributed by atoms with Gasteiger partial charge in [0.1, 0.15) is 12.9 Å². The minimum Gasteiger partial charge on any atom is -0.464 e. The Bertz CT molecular complexity index is 489. The van der Waals surface area contributed by atoms with Gasteiger partial charge in [-0.3, -0.25) is 9.59 Å². The summed E-state index contributed by atoms with van der Waals surface area (Å²) in [4.78, 5) is 38.9. The van der Waals surface area contributed by atoms with Crippen molar-refractivity contribution in [3.05, 3.63) is 0 Å². The van der Waals surface area contributed by atoms with Crippen LogP contribution in [-0.4, -0.2) is 79.8 Å². The summed E-state index contributed by atoms with van der Waals surface area (Å²) in [6, 6.07) is 0.